The second kappa shape index (κ2) is 7.85. The van der Waals surface area contributed by atoms with Crippen LogP contribution in [0.25, 0.3) is 0 Å². The minimum Gasteiger partial charge on any atom is -0.459 e. The molecule has 1 N–H and O–H groups in total. The van der Waals surface area contributed by atoms with E-state index in [2.05, 4.69) is 15.2 Å². The van der Waals surface area contributed by atoms with Gasteiger partial charge in [0.15, 0.2) is 5.76 Å². The third kappa shape index (κ3) is 3.77. The van der Waals surface area contributed by atoms with Crippen molar-refractivity contribution in [2.75, 3.05) is 36.4 Å². The van der Waals surface area contributed by atoms with Crippen molar-refractivity contribution >= 4 is 33.8 Å². The van der Waals surface area contributed by atoms with Gasteiger partial charge in [0.1, 0.15) is 0 Å². The van der Waals surface area contributed by atoms with Crippen LogP contribution in [0.2, 0.25) is 0 Å². The Morgan fingerprint density at radius 1 is 1.14 bits per heavy atom. The number of piperazine rings is 1. The molecule has 0 spiro atoms. The quantitative estimate of drug-likeness (QED) is 0.732. The van der Waals surface area contributed by atoms with Crippen molar-refractivity contribution in [3.05, 3.63) is 65.2 Å². The van der Waals surface area contributed by atoms with Gasteiger partial charge in [-0.25, -0.2) is 0 Å². The number of furan rings is 1. The number of nitrogens with zero attached hydrogens (tertiary/aromatic N) is 3. The fourth-order valence-corrected chi connectivity index (χ4v) is 4.24. The van der Waals surface area contributed by atoms with Crippen LogP contribution in [0.15, 0.2) is 53.4 Å². The van der Waals surface area contributed by atoms with Gasteiger partial charge in [-0.05, 0) is 42.8 Å². The van der Waals surface area contributed by atoms with Crippen molar-refractivity contribution in [3.8, 4) is 0 Å². The van der Waals surface area contributed by atoms with E-state index >= 15 is 0 Å². The summed E-state index contributed by atoms with van der Waals surface area (Å²) in [4.78, 5) is 33.9. The number of hydrogen-bond acceptors (Lipinski definition) is 6. The zero-order valence-corrected chi connectivity index (χ0v) is 16.2. The predicted octanol–water partition coefficient (Wildman–Crippen LogP) is 3.26. The second-order valence-electron chi connectivity index (χ2n) is 6.54. The maximum absolute atomic E-state index is 13.0. The lowest BCUT2D eigenvalue weighted by Crippen LogP contribution is -2.48. The minimum absolute atomic E-state index is 0.00961. The highest BCUT2D eigenvalue weighted by atomic mass is 32.1. The van der Waals surface area contributed by atoms with Crippen molar-refractivity contribution in [1.82, 2.24) is 9.88 Å². The summed E-state index contributed by atoms with van der Waals surface area (Å²) in [5.74, 6) is -0.0715. The smallest absolute Gasteiger partial charge is 0.291 e. The molecular weight excluding hydrogens is 376 g/mol. The summed E-state index contributed by atoms with van der Waals surface area (Å²) in [6.45, 7) is 4.77. The van der Waals surface area contributed by atoms with Crippen LogP contribution in [-0.4, -0.2) is 47.9 Å². The average Bonchev–Trinajstić information content (AvgIpc) is 3.38. The van der Waals surface area contributed by atoms with Crippen LogP contribution in [0, 0.1) is 6.92 Å². The SMILES string of the molecule is Cc1cc(NC(=O)c2ccco2)sc1C(=O)N1CCN(c2ccncc2)CC1. The van der Waals surface area contributed by atoms with Crippen LogP contribution in [-0.2, 0) is 0 Å². The molecule has 3 aromatic rings. The zero-order valence-electron chi connectivity index (χ0n) is 15.4. The number of nitrogens with one attached hydrogen (secondary N) is 1. The third-order valence-electron chi connectivity index (χ3n) is 4.69. The number of aryl methyl sites for hydroxylation is 1. The first-order chi connectivity index (χ1) is 13.6. The summed E-state index contributed by atoms with van der Waals surface area (Å²) < 4.78 is 5.10. The Morgan fingerprint density at radius 2 is 1.89 bits per heavy atom. The summed E-state index contributed by atoms with van der Waals surface area (Å²) in [6, 6.07) is 9.05. The van der Waals surface area contributed by atoms with E-state index in [9.17, 15) is 9.59 Å². The molecule has 0 saturated carbocycles. The number of pyridine rings is 1. The number of amides is 2. The van der Waals surface area contributed by atoms with E-state index in [0.717, 1.165) is 24.3 Å². The number of rotatable bonds is 4. The van der Waals surface area contributed by atoms with Crippen LogP contribution in [0.4, 0.5) is 10.7 Å². The Kier molecular flexibility index (Phi) is 5.12. The molecular formula is C20H20N4O3S. The fraction of sp³-hybridized carbons (Fsp3) is 0.250. The Bertz CT molecular complexity index is 961. The highest BCUT2D eigenvalue weighted by Gasteiger charge is 2.25. The summed E-state index contributed by atoms with van der Waals surface area (Å²) in [5.41, 5.74) is 1.98. The van der Waals surface area contributed by atoms with Gasteiger partial charge in [0, 0.05) is 44.3 Å². The lowest BCUT2D eigenvalue weighted by molar-refractivity contribution is 0.0751. The maximum Gasteiger partial charge on any atom is 0.291 e. The number of carbonyl (C=O) groups is 2. The largest absolute Gasteiger partial charge is 0.459 e. The molecule has 0 bridgehead atoms. The molecule has 0 unspecified atom stereocenters. The maximum atomic E-state index is 13.0. The van der Waals surface area contributed by atoms with E-state index in [0.29, 0.717) is 23.0 Å². The van der Waals surface area contributed by atoms with E-state index in [4.69, 9.17) is 4.42 Å². The first-order valence-corrected chi connectivity index (χ1v) is 9.83. The van der Waals surface area contributed by atoms with E-state index in [1.807, 2.05) is 30.0 Å². The molecule has 2 amide bonds. The fourth-order valence-electron chi connectivity index (χ4n) is 3.20. The summed E-state index contributed by atoms with van der Waals surface area (Å²) in [5, 5.41) is 3.43. The predicted molar refractivity (Wildman–Crippen MR) is 108 cm³/mol. The van der Waals surface area contributed by atoms with Gasteiger partial charge >= 0.3 is 0 Å². The molecule has 0 radical (unpaired) electrons. The number of thiophene rings is 1. The normalized spacial score (nSPS) is 14.2. The molecule has 3 aromatic heterocycles. The van der Waals surface area contributed by atoms with Gasteiger partial charge in [0.05, 0.1) is 16.1 Å². The van der Waals surface area contributed by atoms with Gasteiger partial charge < -0.3 is 19.5 Å². The van der Waals surface area contributed by atoms with Crippen LogP contribution in [0.3, 0.4) is 0 Å². The van der Waals surface area contributed by atoms with Crippen molar-refractivity contribution in [1.29, 1.82) is 0 Å². The molecule has 28 heavy (non-hydrogen) atoms. The Hall–Kier alpha value is -3.13. The molecule has 0 atom stereocenters. The van der Waals surface area contributed by atoms with Crippen LogP contribution < -0.4 is 10.2 Å². The lowest BCUT2D eigenvalue weighted by atomic mass is 10.2. The van der Waals surface area contributed by atoms with E-state index in [1.54, 1.807) is 24.5 Å². The first kappa shape index (κ1) is 18.2. The monoisotopic (exact) mass is 396 g/mol. The standard InChI is InChI=1S/C20H20N4O3S/c1-14-13-17(22-19(25)16-3-2-12-27-16)28-18(14)20(26)24-10-8-23(9-11-24)15-4-6-21-7-5-15/h2-7,12-13H,8-11H2,1H3,(H,22,25). The molecule has 7 nitrogen and oxygen atoms in total. The third-order valence-corrected chi connectivity index (χ3v) is 5.83. The van der Waals surface area contributed by atoms with Crippen LogP contribution in [0.1, 0.15) is 25.8 Å². The molecule has 0 aliphatic carbocycles. The van der Waals surface area contributed by atoms with E-state index in [-0.39, 0.29) is 17.6 Å². The molecule has 4 heterocycles. The van der Waals surface area contributed by atoms with Crippen molar-refractivity contribution in [2.24, 2.45) is 0 Å². The minimum atomic E-state index is -0.323. The topological polar surface area (TPSA) is 78.7 Å². The van der Waals surface area contributed by atoms with E-state index < -0.39 is 0 Å². The van der Waals surface area contributed by atoms with Crippen molar-refractivity contribution in [2.45, 2.75) is 6.92 Å². The van der Waals surface area contributed by atoms with Gasteiger partial charge in [-0.2, -0.15) is 0 Å². The molecule has 144 valence electrons. The lowest BCUT2D eigenvalue weighted by Gasteiger charge is -2.36. The Labute approximate surface area is 166 Å². The van der Waals surface area contributed by atoms with Gasteiger partial charge in [-0.3, -0.25) is 14.6 Å². The molecule has 1 aliphatic rings. The molecule has 1 saturated heterocycles. The van der Waals surface area contributed by atoms with Crippen LogP contribution in [0.5, 0.6) is 0 Å². The Morgan fingerprint density at radius 3 is 2.57 bits per heavy atom. The van der Waals surface area contributed by atoms with Gasteiger partial charge in [-0.1, -0.05) is 0 Å². The van der Waals surface area contributed by atoms with Gasteiger partial charge in [0.2, 0.25) is 0 Å². The number of aromatic nitrogens is 1. The van der Waals surface area contributed by atoms with Crippen LogP contribution >= 0.6 is 11.3 Å². The zero-order chi connectivity index (χ0) is 19.5. The van der Waals surface area contributed by atoms with Crippen molar-refractivity contribution < 1.29 is 14.0 Å². The Balaban J connectivity index is 1.40. The average molecular weight is 396 g/mol. The molecule has 0 aromatic carbocycles. The second-order valence-corrected chi connectivity index (χ2v) is 7.59. The molecule has 4 rings (SSSR count). The molecule has 8 heteroatoms. The molecule has 1 aliphatic heterocycles. The first-order valence-electron chi connectivity index (χ1n) is 9.01. The van der Waals surface area contributed by atoms with E-state index in [1.165, 1.54) is 17.6 Å². The highest BCUT2D eigenvalue weighted by Crippen LogP contribution is 2.29. The number of anilines is 2. The summed E-state index contributed by atoms with van der Waals surface area (Å²) in [6.07, 6.45) is 5.01. The van der Waals surface area contributed by atoms with Crippen molar-refractivity contribution in [3.63, 3.8) is 0 Å². The highest BCUT2D eigenvalue weighted by molar-refractivity contribution is 7.18. The van der Waals surface area contributed by atoms with Gasteiger partial charge in [0.25, 0.3) is 11.8 Å². The number of carbonyl (C=O) groups excluding carboxylic acids is 2. The summed E-state index contributed by atoms with van der Waals surface area (Å²) in [7, 11) is 0. The number of hydrogen-bond donors (Lipinski definition) is 1. The van der Waals surface area contributed by atoms with Gasteiger partial charge in [-0.15, -0.1) is 11.3 Å². The summed E-state index contributed by atoms with van der Waals surface area (Å²) >= 11 is 1.30. The molecule has 1 fully saturated rings.